The number of hydrogen-bond acceptors (Lipinski definition) is 3. The van der Waals surface area contributed by atoms with Gasteiger partial charge in [0.2, 0.25) is 5.91 Å². The third-order valence-corrected chi connectivity index (χ3v) is 2.07. The van der Waals surface area contributed by atoms with Crippen molar-refractivity contribution < 1.29 is 9.90 Å². The van der Waals surface area contributed by atoms with Gasteiger partial charge in [0.25, 0.3) is 0 Å². The van der Waals surface area contributed by atoms with E-state index < -0.39 is 0 Å². The van der Waals surface area contributed by atoms with Crippen LogP contribution in [0.5, 0.6) is 0 Å². The molecular weight excluding hydrogens is 192 g/mol. The molecule has 0 aromatic carbocycles. The highest BCUT2D eigenvalue weighted by Crippen LogP contribution is 2.11. The highest BCUT2D eigenvalue weighted by Gasteiger charge is 2.19. The van der Waals surface area contributed by atoms with Crippen LogP contribution in [0, 0.1) is 17.8 Å². The van der Waals surface area contributed by atoms with E-state index in [-0.39, 0.29) is 30.5 Å². The number of carbonyl (C=O) groups is 1. The average molecular weight is 212 g/mol. The van der Waals surface area contributed by atoms with Gasteiger partial charge >= 0.3 is 0 Å². The first-order valence-electron chi connectivity index (χ1n) is 4.98. The third-order valence-electron chi connectivity index (χ3n) is 2.07. The molecule has 0 aliphatic rings. The normalized spacial score (nSPS) is 13.0. The van der Waals surface area contributed by atoms with Gasteiger partial charge in [0.05, 0.1) is 12.6 Å². The molecule has 0 spiro atoms. The number of carbonyl (C=O) groups excluding carboxylic acids is 1. The molecule has 15 heavy (non-hydrogen) atoms. The van der Waals surface area contributed by atoms with Crippen molar-refractivity contribution in [3.8, 4) is 12.3 Å². The fourth-order valence-corrected chi connectivity index (χ4v) is 0.869. The minimum atomic E-state index is -0.302. The number of terminal acetylenes is 1. The first-order chi connectivity index (χ1) is 6.93. The molecule has 0 aliphatic carbocycles. The van der Waals surface area contributed by atoms with Gasteiger partial charge in [-0.05, 0) is 6.92 Å². The van der Waals surface area contributed by atoms with Gasteiger partial charge in [0.15, 0.2) is 0 Å². The first-order valence-corrected chi connectivity index (χ1v) is 4.98. The van der Waals surface area contributed by atoms with Crippen LogP contribution in [0.1, 0.15) is 20.8 Å². The van der Waals surface area contributed by atoms with Crippen LogP contribution in [-0.4, -0.2) is 36.8 Å². The molecule has 0 aromatic heterocycles. The van der Waals surface area contributed by atoms with Crippen LogP contribution in [0.4, 0.5) is 0 Å². The lowest BCUT2D eigenvalue weighted by molar-refractivity contribution is -0.122. The molecule has 0 bridgehead atoms. The first kappa shape index (κ1) is 13.9. The van der Waals surface area contributed by atoms with Gasteiger partial charge in [-0.15, -0.1) is 6.42 Å². The number of aliphatic hydroxyl groups excluding tert-OH is 1. The lowest BCUT2D eigenvalue weighted by Crippen LogP contribution is -2.46. The third kappa shape index (κ3) is 6.10. The van der Waals surface area contributed by atoms with Crippen LogP contribution in [0.2, 0.25) is 0 Å². The molecule has 4 nitrogen and oxygen atoms in total. The summed E-state index contributed by atoms with van der Waals surface area (Å²) in [6.07, 6.45) is 5.02. The summed E-state index contributed by atoms with van der Waals surface area (Å²) in [7, 11) is 0. The van der Waals surface area contributed by atoms with Gasteiger partial charge in [0.1, 0.15) is 0 Å². The predicted molar refractivity (Wildman–Crippen MR) is 60.2 cm³/mol. The van der Waals surface area contributed by atoms with Gasteiger partial charge in [-0.3, -0.25) is 4.79 Å². The summed E-state index contributed by atoms with van der Waals surface area (Å²) in [4.78, 5) is 11.4. The molecule has 1 unspecified atom stereocenters. The second kappa shape index (κ2) is 6.44. The average Bonchev–Trinajstić information content (AvgIpc) is 2.22. The van der Waals surface area contributed by atoms with Crippen molar-refractivity contribution in [2.75, 3.05) is 19.7 Å². The second-order valence-electron chi connectivity index (χ2n) is 4.35. The Morgan fingerprint density at radius 2 is 2.20 bits per heavy atom. The molecule has 3 N–H and O–H groups in total. The van der Waals surface area contributed by atoms with Crippen LogP contribution in [-0.2, 0) is 4.79 Å². The number of rotatable bonds is 6. The fraction of sp³-hybridized carbons (Fsp3) is 0.727. The zero-order valence-corrected chi connectivity index (χ0v) is 9.63. The van der Waals surface area contributed by atoms with Crippen molar-refractivity contribution in [2.45, 2.75) is 26.8 Å². The quantitative estimate of drug-likeness (QED) is 0.531. The van der Waals surface area contributed by atoms with Gasteiger partial charge in [0, 0.05) is 18.6 Å². The molecule has 0 fully saturated rings. The van der Waals surface area contributed by atoms with E-state index in [1.165, 1.54) is 0 Å². The lowest BCUT2D eigenvalue weighted by atomic mass is 9.94. The van der Waals surface area contributed by atoms with Crippen molar-refractivity contribution in [3.05, 3.63) is 0 Å². The molecular formula is C11H20N2O2. The van der Waals surface area contributed by atoms with Crippen molar-refractivity contribution in [1.29, 1.82) is 0 Å². The minimum Gasteiger partial charge on any atom is -0.396 e. The molecule has 86 valence electrons. The predicted octanol–water partition coefficient (Wildman–Crippen LogP) is -0.268. The Labute approximate surface area is 91.4 Å². The van der Waals surface area contributed by atoms with Gasteiger partial charge in [-0.25, -0.2) is 0 Å². The van der Waals surface area contributed by atoms with Crippen molar-refractivity contribution >= 4 is 5.91 Å². The van der Waals surface area contributed by atoms with E-state index in [4.69, 9.17) is 11.5 Å². The Morgan fingerprint density at radius 3 is 2.67 bits per heavy atom. The Kier molecular flexibility index (Phi) is 5.99. The highest BCUT2D eigenvalue weighted by atomic mass is 16.3. The summed E-state index contributed by atoms with van der Waals surface area (Å²) in [6.45, 7) is 6.51. The molecule has 4 heteroatoms. The van der Waals surface area contributed by atoms with E-state index in [1.54, 1.807) is 6.92 Å². The van der Waals surface area contributed by atoms with Crippen LogP contribution in [0.15, 0.2) is 0 Å². The van der Waals surface area contributed by atoms with Crippen molar-refractivity contribution in [3.63, 3.8) is 0 Å². The zero-order chi connectivity index (χ0) is 11.9. The molecule has 0 rings (SSSR count). The summed E-state index contributed by atoms with van der Waals surface area (Å²) in [5, 5.41) is 14.6. The molecule has 0 aromatic rings. The van der Waals surface area contributed by atoms with E-state index in [2.05, 4.69) is 16.6 Å². The summed E-state index contributed by atoms with van der Waals surface area (Å²) in [6, 6.07) is -0.302. The Balaban J connectivity index is 3.88. The Hall–Kier alpha value is -1.05. The maximum Gasteiger partial charge on any atom is 0.237 e. The smallest absolute Gasteiger partial charge is 0.237 e. The van der Waals surface area contributed by atoms with Crippen molar-refractivity contribution in [2.24, 2.45) is 5.41 Å². The lowest BCUT2D eigenvalue weighted by Gasteiger charge is -2.24. The number of aliphatic hydroxyl groups is 1. The Bertz CT molecular complexity index is 243. The molecule has 0 saturated carbocycles. The summed E-state index contributed by atoms with van der Waals surface area (Å²) in [5.41, 5.74) is -0.222. The van der Waals surface area contributed by atoms with Crippen LogP contribution in [0.3, 0.4) is 0 Å². The van der Waals surface area contributed by atoms with Gasteiger partial charge in [-0.2, -0.15) is 0 Å². The van der Waals surface area contributed by atoms with E-state index in [0.29, 0.717) is 6.54 Å². The second-order valence-corrected chi connectivity index (χ2v) is 4.35. The SMILES string of the molecule is C#CCNC(=O)C(C)NCC(C)(C)CO. The summed E-state index contributed by atoms with van der Waals surface area (Å²) >= 11 is 0. The number of nitrogens with one attached hydrogen (secondary N) is 2. The maximum atomic E-state index is 11.4. The van der Waals surface area contributed by atoms with E-state index >= 15 is 0 Å². The molecule has 0 heterocycles. The largest absolute Gasteiger partial charge is 0.396 e. The van der Waals surface area contributed by atoms with E-state index in [9.17, 15) is 4.79 Å². The molecule has 1 amide bonds. The topological polar surface area (TPSA) is 61.4 Å². The summed E-state index contributed by atoms with van der Waals surface area (Å²) < 4.78 is 0. The molecule has 0 saturated heterocycles. The molecule has 0 radical (unpaired) electrons. The maximum absolute atomic E-state index is 11.4. The molecule has 1 atom stereocenters. The van der Waals surface area contributed by atoms with E-state index in [0.717, 1.165) is 0 Å². The van der Waals surface area contributed by atoms with E-state index in [1.807, 2.05) is 13.8 Å². The standard InChI is InChI=1S/C11H20N2O2/c1-5-6-12-10(15)9(2)13-7-11(3,4)8-14/h1,9,13-14H,6-8H2,2-4H3,(H,12,15). The van der Waals surface area contributed by atoms with Gasteiger partial charge < -0.3 is 15.7 Å². The summed E-state index contributed by atoms with van der Waals surface area (Å²) in [5.74, 6) is 2.21. The molecule has 0 aliphatic heterocycles. The van der Waals surface area contributed by atoms with Crippen LogP contribution >= 0.6 is 0 Å². The van der Waals surface area contributed by atoms with Crippen LogP contribution in [0.25, 0.3) is 0 Å². The van der Waals surface area contributed by atoms with Crippen LogP contribution < -0.4 is 10.6 Å². The monoisotopic (exact) mass is 212 g/mol. The number of hydrogen-bond donors (Lipinski definition) is 3. The zero-order valence-electron chi connectivity index (χ0n) is 9.63. The minimum absolute atomic E-state index is 0.0820. The van der Waals surface area contributed by atoms with Crippen molar-refractivity contribution in [1.82, 2.24) is 10.6 Å². The van der Waals surface area contributed by atoms with Gasteiger partial charge in [-0.1, -0.05) is 19.8 Å². The number of amides is 1. The highest BCUT2D eigenvalue weighted by molar-refractivity contribution is 5.81. The Morgan fingerprint density at radius 1 is 1.60 bits per heavy atom. The fourth-order valence-electron chi connectivity index (χ4n) is 0.869.